The van der Waals surface area contributed by atoms with Crippen LogP contribution < -0.4 is 4.74 Å². The zero-order valence-electron chi connectivity index (χ0n) is 18.1. The first-order chi connectivity index (χ1) is 16.3. The summed E-state index contributed by atoms with van der Waals surface area (Å²) < 4.78 is 70.1. The number of rotatable bonds is 6. The van der Waals surface area contributed by atoms with Gasteiger partial charge in [-0.2, -0.15) is 32.8 Å². The Morgan fingerprint density at radius 1 is 1.21 bits per heavy atom. The van der Waals surface area contributed by atoms with E-state index >= 15 is 4.39 Å². The van der Waals surface area contributed by atoms with Gasteiger partial charge in [0.2, 0.25) is 0 Å². The molecule has 4 aromatic rings. The van der Waals surface area contributed by atoms with Crippen molar-refractivity contribution in [1.29, 1.82) is 0 Å². The van der Waals surface area contributed by atoms with Gasteiger partial charge in [0.1, 0.15) is 34.7 Å². The van der Waals surface area contributed by atoms with Crippen molar-refractivity contribution in [3.8, 4) is 5.75 Å². The molecule has 0 amide bonds. The number of benzene rings is 1. The largest absolute Gasteiger partial charge is 0.493 e. The molecule has 1 aliphatic heterocycles. The fourth-order valence-corrected chi connectivity index (χ4v) is 4.54. The van der Waals surface area contributed by atoms with E-state index in [1.54, 1.807) is 0 Å². The molecule has 4 heterocycles. The standard InChI is InChI=1S/C21H21ClF4N6O2/c1-12(21(24,25)26)31-15-10-13(34-6-2-3-30-4-7-33-8-5-30)9-14(23)16(15)17-18(22)29-20-27-11-28-32(20)19(17)31/h9-12H,2-8H2,1H3. The number of hydrogen-bond acceptors (Lipinski definition) is 6. The third kappa shape index (κ3) is 4.03. The summed E-state index contributed by atoms with van der Waals surface area (Å²) in [6.07, 6.45) is -2.79. The normalized spacial score (nSPS) is 16.6. The number of fused-ring (bicyclic) bond motifs is 5. The highest BCUT2D eigenvalue weighted by molar-refractivity contribution is 6.36. The predicted molar refractivity (Wildman–Crippen MR) is 117 cm³/mol. The molecule has 0 bridgehead atoms. The number of morpholine rings is 1. The van der Waals surface area contributed by atoms with Gasteiger partial charge < -0.3 is 14.0 Å². The van der Waals surface area contributed by atoms with Crippen LogP contribution in [-0.4, -0.2) is 74.7 Å². The molecule has 0 aliphatic carbocycles. The van der Waals surface area contributed by atoms with Gasteiger partial charge in [0, 0.05) is 37.2 Å². The van der Waals surface area contributed by atoms with Crippen molar-refractivity contribution < 1.29 is 27.0 Å². The van der Waals surface area contributed by atoms with Crippen molar-refractivity contribution in [3.05, 3.63) is 29.4 Å². The lowest BCUT2D eigenvalue weighted by molar-refractivity contribution is -0.161. The van der Waals surface area contributed by atoms with E-state index in [1.165, 1.54) is 6.07 Å². The maximum absolute atomic E-state index is 15.3. The molecule has 1 unspecified atom stereocenters. The average molecular weight is 501 g/mol. The molecule has 34 heavy (non-hydrogen) atoms. The van der Waals surface area contributed by atoms with Crippen molar-refractivity contribution in [3.63, 3.8) is 0 Å². The highest BCUT2D eigenvalue weighted by Gasteiger charge is 2.40. The quantitative estimate of drug-likeness (QED) is 0.224. The lowest BCUT2D eigenvalue weighted by Gasteiger charge is -2.26. The molecule has 182 valence electrons. The molecule has 0 radical (unpaired) electrons. The Hall–Kier alpha value is -2.70. The van der Waals surface area contributed by atoms with Gasteiger partial charge in [-0.25, -0.2) is 4.39 Å². The maximum Gasteiger partial charge on any atom is 0.408 e. The summed E-state index contributed by atoms with van der Waals surface area (Å²) in [4.78, 5) is 10.2. The van der Waals surface area contributed by atoms with Gasteiger partial charge in [0.05, 0.1) is 30.7 Å². The van der Waals surface area contributed by atoms with Crippen LogP contribution in [0.25, 0.3) is 27.7 Å². The first kappa shape index (κ1) is 23.1. The predicted octanol–water partition coefficient (Wildman–Crippen LogP) is 4.25. The summed E-state index contributed by atoms with van der Waals surface area (Å²) in [5.41, 5.74) is -0.0644. The van der Waals surface area contributed by atoms with Gasteiger partial charge in [-0.1, -0.05) is 11.6 Å². The highest BCUT2D eigenvalue weighted by Crippen LogP contribution is 2.42. The van der Waals surface area contributed by atoms with Gasteiger partial charge in [-0.3, -0.25) is 4.90 Å². The Morgan fingerprint density at radius 3 is 2.71 bits per heavy atom. The van der Waals surface area contributed by atoms with E-state index < -0.39 is 18.0 Å². The first-order valence-electron chi connectivity index (χ1n) is 10.8. The van der Waals surface area contributed by atoms with Crippen molar-refractivity contribution in [2.75, 3.05) is 39.5 Å². The molecule has 5 rings (SSSR count). The molecule has 1 aromatic carbocycles. The van der Waals surface area contributed by atoms with Crippen molar-refractivity contribution in [1.82, 2.24) is 29.0 Å². The molecule has 0 N–H and O–H groups in total. The Labute approximate surface area is 196 Å². The third-order valence-electron chi connectivity index (χ3n) is 5.99. The number of hydrogen-bond donors (Lipinski definition) is 0. The molecular formula is C21H21ClF4N6O2. The average Bonchev–Trinajstić information content (AvgIpc) is 3.39. The summed E-state index contributed by atoms with van der Waals surface area (Å²) in [6.45, 7) is 5.09. The van der Waals surface area contributed by atoms with E-state index in [1.807, 2.05) is 0 Å². The van der Waals surface area contributed by atoms with E-state index in [0.717, 1.165) is 48.0 Å². The zero-order chi connectivity index (χ0) is 24.0. The van der Waals surface area contributed by atoms with Crippen LogP contribution in [0.4, 0.5) is 17.6 Å². The Morgan fingerprint density at radius 2 is 1.97 bits per heavy atom. The number of ether oxygens (including phenoxy) is 2. The second-order valence-corrected chi connectivity index (χ2v) is 8.47. The molecule has 1 aliphatic rings. The van der Waals surface area contributed by atoms with Crippen LogP contribution in [0.3, 0.4) is 0 Å². The number of aromatic nitrogens is 5. The van der Waals surface area contributed by atoms with E-state index in [9.17, 15) is 13.2 Å². The van der Waals surface area contributed by atoms with Gasteiger partial charge in [-0.05, 0) is 13.3 Å². The van der Waals surface area contributed by atoms with Crippen LogP contribution in [0, 0.1) is 5.82 Å². The topological polar surface area (TPSA) is 69.7 Å². The van der Waals surface area contributed by atoms with Gasteiger partial charge >= 0.3 is 6.18 Å². The van der Waals surface area contributed by atoms with Crippen LogP contribution in [-0.2, 0) is 4.74 Å². The van der Waals surface area contributed by atoms with Crippen molar-refractivity contribution in [2.24, 2.45) is 0 Å². The lowest BCUT2D eigenvalue weighted by Crippen LogP contribution is -2.37. The minimum absolute atomic E-state index is 0.0101. The second-order valence-electron chi connectivity index (χ2n) is 8.12. The number of halogens is 5. The fourth-order valence-electron chi connectivity index (χ4n) is 4.28. The second kappa shape index (κ2) is 8.82. The third-order valence-corrected chi connectivity index (χ3v) is 6.26. The van der Waals surface area contributed by atoms with Gasteiger partial charge in [0.15, 0.2) is 0 Å². The molecule has 3 aromatic heterocycles. The first-order valence-corrected chi connectivity index (χ1v) is 11.2. The minimum Gasteiger partial charge on any atom is -0.493 e. The molecule has 8 nitrogen and oxygen atoms in total. The summed E-state index contributed by atoms with van der Waals surface area (Å²) in [6, 6.07) is 0.546. The number of alkyl halides is 3. The molecular weight excluding hydrogens is 480 g/mol. The fraction of sp³-hybridized carbons (Fsp3) is 0.476. The summed E-state index contributed by atoms with van der Waals surface area (Å²) in [5, 5.41) is 3.78. The van der Waals surface area contributed by atoms with E-state index in [2.05, 4.69) is 20.0 Å². The van der Waals surface area contributed by atoms with E-state index in [-0.39, 0.29) is 45.2 Å². The van der Waals surface area contributed by atoms with Crippen molar-refractivity contribution in [2.45, 2.75) is 25.6 Å². The van der Waals surface area contributed by atoms with Crippen LogP contribution in [0.15, 0.2) is 18.5 Å². The Bertz CT molecular complexity index is 1350. The SMILES string of the molecule is CC(n1c2cc(OCCCN3CCOCC3)cc(F)c2c2c(Cl)nc3ncnn3c21)C(F)(F)F. The monoisotopic (exact) mass is 500 g/mol. The summed E-state index contributed by atoms with van der Waals surface area (Å²) in [5.74, 6) is -0.623. The Balaban J connectivity index is 1.57. The Kier molecular flexibility index (Phi) is 5.98. The molecule has 1 saturated heterocycles. The molecule has 0 saturated carbocycles. The van der Waals surface area contributed by atoms with Gasteiger partial charge in [-0.15, -0.1) is 0 Å². The lowest BCUT2D eigenvalue weighted by atomic mass is 10.2. The summed E-state index contributed by atoms with van der Waals surface area (Å²) in [7, 11) is 0. The molecule has 1 fully saturated rings. The van der Waals surface area contributed by atoms with Crippen LogP contribution in [0.5, 0.6) is 5.75 Å². The summed E-state index contributed by atoms with van der Waals surface area (Å²) >= 11 is 6.29. The van der Waals surface area contributed by atoms with E-state index in [4.69, 9.17) is 21.1 Å². The minimum atomic E-state index is -4.62. The molecule has 13 heteroatoms. The molecule has 1 atom stereocenters. The highest BCUT2D eigenvalue weighted by atomic mass is 35.5. The zero-order valence-corrected chi connectivity index (χ0v) is 18.9. The van der Waals surface area contributed by atoms with E-state index in [0.29, 0.717) is 19.6 Å². The van der Waals surface area contributed by atoms with Crippen LogP contribution in [0.1, 0.15) is 19.4 Å². The van der Waals surface area contributed by atoms with Crippen molar-refractivity contribution >= 4 is 39.3 Å². The molecule has 0 spiro atoms. The number of nitrogens with zero attached hydrogens (tertiary/aromatic N) is 6. The van der Waals surface area contributed by atoms with Gasteiger partial charge in [0.25, 0.3) is 5.78 Å². The van der Waals surface area contributed by atoms with Crippen LogP contribution in [0.2, 0.25) is 5.15 Å². The maximum atomic E-state index is 15.3. The smallest absolute Gasteiger partial charge is 0.408 e. The van der Waals surface area contributed by atoms with Crippen LogP contribution >= 0.6 is 11.6 Å².